The number of alkyl halides is 2. The lowest BCUT2D eigenvalue weighted by Gasteiger charge is -2.28. The van der Waals surface area contributed by atoms with Crippen LogP contribution in [0.1, 0.15) is 12.5 Å². The molecule has 0 aliphatic carbocycles. The molecule has 26 heteroatoms. The van der Waals surface area contributed by atoms with E-state index in [4.69, 9.17) is 39.0 Å². The fourth-order valence-corrected chi connectivity index (χ4v) is 8.28. The van der Waals surface area contributed by atoms with Gasteiger partial charge in [0.2, 0.25) is 11.9 Å². The Kier molecular flexibility index (Phi) is 7.82. The molecule has 20 nitrogen and oxygen atoms in total. The number of imidazole rings is 2. The molecule has 4 aromatic rings. The Morgan fingerprint density at radius 1 is 0.783 bits per heavy atom. The van der Waals surface area contributed by atoms with Crippen LogP contribution in [-0.4, -0.2) is 89.0 Å². The summed E-state index contributed by atoms with van der Waals surface area (Å²) in [6, 6.07) is 0. The summed E-state index contributed by atoms with van der Waals surface area (Å²) in [6.45, 7) is -10.4. The van der Waals surface area contributed by atoms with Crippen molar-refractivity contribution in [2.45, 2.75) is 49.2 Å². The van der Waals surface area contributed by atoms with E-state index in [0.717, 1.165) is 21.8 Å². The van der Waals surface area contributed by atoms with E-state index >= 15 is 8.78 Å². The molecule has 7 heterocycles. The van der Waals surface area contributed by atoms with E-state index in [-0.39, 0.29) is 34.2 Å². The molecule has 7 rings (SSSR count). The van der Waals surface area contributed by atoms with Crippen LogP contribution in [0.3, 0.4) is 0 Å². The second-order valence-corrected chi connectivity index (χ2v) is 16.0. The van der Waals surface area contributed by atoms with E-state index in [1.807, 2.05) is 0 Å². The van der Waals surface area contributed by atoms with E-state index in [9.17, 15) is 18.7 Å². The molecule has 0 bridgehead atoms. The summed E-state index contributed by atoms with van der Waals surface area (Å²) in [5.74, 6) is -0.562. The number of aromatic amines is 2. The largest absolute Gasteiger partial charge is 0.386 e. The molecule has 6 N–H and O–H groups in total. The molecule has 4 aromatic heterocycles. The van der Waals surface area contributed by atoms with Crippen LogP contribution >= 0.6 is 38.1 Å². The molecule has 0 aromatic carbocycles. The van der Waals surface area contributed by atoms with E-state index in [2.05, 4.69) is 54.4 Å². The normalized spacial score (nSPS) is 37.1. The maximum atomic E-state index is 16.0. The van der Waals surface area contributed by atoms with Gasteiger partial charge in [0.15, 0.2) is 47.1 Å². The standard InChI is InChI=1S/C20H22F2N10O10P2S2/c21-7-11-5(39-17(7)31-3-25-9-13(31)27-19(23)29-15(9)33)1-37-43(35,45)42-12-6(2-38-44(36,46)41-11)40-18(8(12)22)32-4-26-10-14(32)28-20(24)30-16(10)34/h3-8,11-12,17-18H,1-2H2,(H,35,45)(H,36,46)(H3,23,27,29,33)(H3,24,28,30,34)/t5-,6?,7-,8-,11-,12-,17-,18-,43-,44+/m1/s1. The quantitative estimate of drug-likeness (QED) is 0.123. The van der Waals surface area contributed by atoms with Gasteiger partial charge in [-0.2, -0.15) is 9.97 Å². The molecule has 3 fully saturated rings. The van der Waals surface area contributed by atoms with Crippen molar-refractivity contribution in [1.29, 1.82) is 0 Å². The van der Waals surface area contributed by atoms with Crippen molar-refractivity contribution in [2.24, 2.45) is 0 Å². The van der Waals surface area contributed by atoms with Gasteiger partial charge in [-0.05, 0) is 0 Å². The average Bonchev–Trinajstić information content (AvgIpc) is 3.72. The molecule has 0 spiro atoms. The van der Waals surface area contributed by atoms with Crippen LogP contribution in [0.25, 0.3) is 22.3 Å². The lowest BCUT2D eigenvalue weighted by molar-refractivity contribution is -0.0544. The average molecular weight is 727 g/mol. The minimum absolute atomic E-state index is 0.137. The zero-order chi connectivity index (χ0) is 32.7. The number of aromatic nitrogens is 8. The van der Waals surface area contributed by atoms with Crippen LogP contribution in [0.5, 0.6) is 0 Å². The maximum absolute atomic E-state index is 16.0. The third-order valence-corrected chi connectivity index (χ3v) is 10.5. The molecular formula is C20H22F2N10O10P2S2. The highest BCUT2D eigenvalue weighted by Gasteiger charge is 2.54. The van der Waals surface area contributed by atoms with Gasteiger partial charge < -0.3 is 20.9 Å². The molecule has 0 radical (unpaired) electrons. The Morgan fingerprint density at radius 2 is 1.17 bits per heavy atom. The summed E-state index contributed by atoms with van der Waals surface area (Å²) in [6.07, 6.45) is -11.7. The predicted molar refractivity (Wildman–Crippen MR) is 158 cm³/mol. The number of nitrogens with zero attached hydrogens (tertiary/aromatic N) is 6. The molecule has 3 saturated heterocycles. The first-order valence-electron chi connectivity index (χ1n) is 13.1. The number of nitrogens with one attached hydrogen (secondary N) is 2. The maximum Gasteiger partial charge on any atom is 0.386 e. The number of halogens is 2. The van der Waals surface area contributed by atoms with Gasteiger partial charge in [-0.15, -0.1) is 0 Å². The number of nitrogen functional groups attached to an aromatic ring is 2. The number of thiol groups is 2. The summed E-state index contributed by atoms with van der Waals surface area (Å²) < 4.78 is 93.9. The highest BCUT2D eigenvalue weighted by molar-refractivity contribution is 8.44. The van der Waals surface area contributed by atoms with Gasteiger partial charge in [-0.1, -0.05) is 24.5 Å². The molecule has 3 aliphatic heterocycles. The Balaban J connectivity index is 1.18. The van der Waals surface area contributed by atoms with Crippen molar-refractivity contribution in [1.82, 2.24) is 39.0 Å². The fraction of sp³-hybridized carbons (Fsp3) is 0.500. The minimum atomic E-state index is -4.48. The van der Waals surface area contributed by atoms with Crippen molar-refractivity contribution < 1.29 is 45.5 Å². The van der Waals surface area contributed by atoms with Crippen molar-refractivity contribution >= 4 is 72.3 Å². The first-order valence-corrected chi connectivity index (χ1v) is 18.5. The van der Waals surface area contributed by atoms with E-state index in [0.29, 0.717) is 0 Å². The summed E-state index contributed by atoms with van der Waals surface area (Å²) in [5, 5.41) is 0. The van der Waals surface area contributed by atoms with Gasteiger partial charge in [-0.3, -0.25) is 46.8 Å². The second kappa shape index (κ2) is 11.4. The first kappa shape index (κ1) is 31.7. The molecule has 3 aliphatic rings. The highest BCUT2D eigenvalue weighted by Crippen LogP contribution is 2.60. The van der Waals surface area contributed by atoms with Crippen LogP contribution in [0, 0.1) is 0 Å². The van der Waals surface area contributed by atoms with Crippen LogP contribution in [0.2, 0.25) is 0 Å². The van der Waals surface area contributed by atoms with Gasteiger partial charge in [0.25, 0.3) is 11.1 Å². The molecule has 248 valence electrons. The van der Waals surface area contributed by atoms with Gasteiger partial charge in [-0.25, -0.2) is 27.9 Å². The molecule has 10 atom stereocenters. The Morgan fingerprint density at radius 3 is 1.57 bits per heavy atom. The number of fused-ring (bicyclic) bond motifs is 4. The van der Waals surface area contributed by atoms with Crippen molar-refractivity contribution in [3.63, 3.8) is 0 Å². The lowest BCUT2D eigenvalue weighted by atomic mass is 10.1. The molecular weight excluding hydrogens is 704 g/mol. The van der Waals surface area contributed by atoms with E-state index in [1.165, 1.54) is 0 Å². The monoisotopic (exact) mass is 726 g/mol. The SMILES string of the molecule is Nc1nc2c(ncn2[C@@H]2O[C@@H]3CO[P@@](=O)(S)O[C@@H]4C(CO[P@](=O)(S)O[C@H]3[C@H]2F)O[C@@H](n2cnc3c(=O)[nH]c(N)nc32)[C@@H]4F)c(=O)[nH]1. The van der Waals surface area contributed by atoms with E-state index < -0.39 is 87.1 Å². The summed E-state index contributed by atoms with van der Waals surface area (Å²) in [5.41, 5.74) is 9.24. The van der Waals surface area contributed by atoms with Gasteiger partial charge in [0.05, 0.1) is 25.9 Å². The Labute approximate surface area is 263 Å². The number of H-pyrrole nitrogens is 2. The molecule has 0 amide bonds. The zero-order valence-corrected chi connectivity index (χ0v) is 26.2. The van der Waals surface area contributed by atoms with E-state index in [1.54, 1.807) is 0 Å². The number of hydrogen-bond donors (Lipinski definition) is 6. The first-order chi connectivity index (χ1) is 21.7. The number of ether oxygens (including phenoxy) is 2. The second-order valence-electron chi connectivity index (χ2n) is 10.2. The zero-order valence-electron chi connectivity index (χ0n) is 22.7. The number of anilines is 2. The predicted octanol–water partition coefficient (Wildman–Crippen LogP) is 0.781. The number of nitrogens with two attached hydrogens (primary N) is 2. The topological polar surface area (TPSA) is 269 Å². The Bertz CT molecular complexity index is 1920. The van der Waals surface area contributed by atoms with Crippen molar-refractivity contribution in [3.05, 3.63) is 33.4 Å². The molecule has 1 unspecified atom stereocenters. The van der Waals surface area contributed by atoms with Gasteiger partial charge in [0.1, 0.15) is 24.4 Å². The Hall–Kier alpha value is -2.92. The molecule has 46 heavy (non-hydrogen) atoms. The van der Waals surface area contributed by atoms with Gasteiger partial charge in [0, 0.05) is 0 Å². The molecule has 0 saturated carbocycles. The summed E-state index contributed by atoms with van der Waals surface area (Å²) in [7, 11) is 0. The number of hydrogen-bond acceptors (Lipinski definition) is 16. The summed E-state index contributed by atoms with van der Waals surface area (Å²) >= 11 is 7.90. The number of rotatable bonds is 2. The highest BCUT2D eigenvalue weighted by atomic mass is 32.7. The van der Waals surface area contributed by atoms with Crippen molar-refractivity contribution in [3.8, 4) is 0 Å². The van der Waals surface area contributed by atoms with Crippen LogP contribution in [-0.2, 0) is 36.7 Å². The lowest BCUT2D eigenvalue weighted by Crippen LogP contribution is -2.36. The van der Waals surface area contributed by atoms with Crippen molar-refractivity contribution in [2.75, 3.05) is 24.7 Å². The van der Waals surface area contributed by atoms with Crippen LogP contribution in [0.4, 0.5) is 20.7 Å². The fourth-order valence-electron chi connectivity index (χ4n) is 5.32. The third-order valence-electron chi connectivity index (χ3n) is 7.30. The minimum Gasteiger partial charge on any atom is -0.369 e. The van der Waals surface area contributed by atoms with Gasteiger partial charge >= 0.3 is 13.6 Å². The van der Waals surface area contributed by atoms with Crippen LogP contribution < -0.4 is 22.6 Å². The van der Waals surface area contributed by atoms with Crippen LogP contribution in [0.15, 0.2) is 22.2 Å². The smallest absolute Gasteiger partial charge is 0.369 e. The third kappa shape index (κ3) is 5.55. The summed E-state index contributed by atoms with van der Waals surface area (Å²) in [4.78, 5) is 44.7.